The molecule has 0 aromatic rings. The van der Waals surface area contributed by atoms with E-state index in [4.69, 9.17) is 4.74 Å². The van der Waals surface area contributed by atoms with Crippen LogP contribution in [0.15, 0.2) is 24.3 Å². The van der Waals surface area contributed by atoms with Gasteiger partial charge in [-0.25, -0.2) is 0 Å². The zero-order valence-corrected chi connectivity index (χ0v) is 24.7. The topological polar surface area (TPSA) is 83.9 Å². The summed E-state index contributed by atoms with van der Waals surface area (Å²) in [4.78, 5) is 40.6. The van der Waals surface area contributed by atoms with E-state index in [1.807, 2.05) is 12.2 Å². The molecule has 1 N–H and O–H groups in total. The fraction of sp³-hybridized carbons (Fsp3) is 0.788. The molecule has 0 radical (unpaired) electrons. The molecule has 5 aliphatic rings. The lowest BCUT2D eigenvalue weighted by atomic mass is 9.38. The lowest BCUT2D eigenvalue weighted by Crippen LogP contribution is -2.63. The van der Waals surface area contributed by atoms with Gasteiger partial charge in [-0.1, -0.05) is 39.3 Å². The van der Waals surface area contributed by atoms with E-state index in [2.05, 4.69) is 39.2 Å². The first-order valence-corrected chi connectivity index (χ1v) is 15.3. The van der Waals surface area contributed by atoms with Gasteiger partial charge in [-0.15, -0.1) is 6.58 Å². The number of ether oxygens (including phenoxy) is 1. The van der Waals surface area contributed by atoms with Gasteiger partial charge < -0.3 is 9.84 Å². The fourth-order valence-electron chi connectivity index (χ4n) is 10.8. The van der Waals surface area contributed by atoms with Crippen LogP contribution in [-0.2, 0) is 19.1 Å². The Morgan fingerprint density at radius 2 is 1.77 bits per heavy atom. The molecule has 10 atom stereocenters. The number of ketones is 1. The van der Waals surface area contributed by atoms with E-state index in [1.165, 1.54) is 12.7 Å². The van der Waals surface area contributed by atoms with Crippen LogP contribution in [0.1, 0.15) is 85.5 Å². The smallest absolute Gasteiger partial charge is 0.319 e. The number of methoxy groups -OCH3 is 1. The van der Waals surface area contributed by atoms with Gasteiger partial charge in [-0.2, -0.15) is 0 Å². The van der Waals surface area contributed by atoms with Gasteiger partial charge in [-0.3, -0.25) is 19.3 Å². The lowest BCUT2D eigenvalue weighted by Gasteiger charge is -2.66. The summed E-state index contributed by atoms with van der Waals surface area (Å²) < 4.78 is 4.99. The van der Waals surface area contributed by atoms with E-state index in [-0.39, 0.29) is 52.6 Å². The van der Waals surface area contributed by atoms with Gasteiger partial charge in [0.2, 0.25) is 0 Å². The second kappa shape index (κ2) is 10.2. The number of esters is 1. The predicted octanol–water partition coefficient (Wildman–Crippen LogP) is 5.91. The van der Waals surface area contributed by atoms with E-state index in [1.54, 1.807) is 0 Å². The van der Waals surface area contributed by atoms with Crippen LogP contribution in [-0.4, -0.2) is 54.0 Å². The Hall–Kier alpha value is -1.95. The number of carbonyl (C=O) groups is 3. The average Bonchev–Trinajstić information content (AvgIpc) is 2.87. The van der Waals surface area contributed by atoms with E-state index in [0.717, 1.165) is 51.4 Å². The summed E-state index contributed by atoms with van der Waals surface area (Å²) in [6.07, 6.45) is 12.6. The molecule has 4 fully saturated rings. The number of aliphatic carboxylic acids is 1. The quantitative estimate of drug-likeness (QED) is 0.334. The van der Waals surface area contributed by atoms with Crippen molar-refractivity contribution in [2.24, 2.45) is 51.8 Å². The first-order chi connectivity index (χ1) is 18.4. The van der Waals surface area contributed by atoms with Gasteiger partial charge in [0, 0.05) is 18.5 Å². The Balaban J connectivity index is 1.45. The molecule has 39 heavy (non-hydrogen) atoms. The number of carboxylic acid groups (broad SMARTS) is 1. The molecule has 216 valence electrons. The summed E-state index contributed by atoms with van der Waals surface area (Å²) in [5.41, 5.74) is 1.24. The molecule has 0 heterocycles. The number of carbonyl (C=O) groups excluding carboxylic acids is 2. The molecule has 9 unspecified atom stereocenters. The molecule has 5 aliphatic carbocycles. The normalized spacial score (nSPS) is 45.2. The van der Waals surface area contributed by atoms with Gasteiger partial charge in [-0.05, 0) is 104 Å². The Labute approximate surface area is 234 Å². The van der Waals surface area contributed by atoms with Crippen molar-refractivity contribution in [2.75, 3.05) is 20.2 Å². The minimum absolute atomic E-state index is 0.00224. The molecule has 0 amide bonds. The van der Waals surface area contributed by atoms with Crippen molar-refractivity contribution in [1.29, 1.82) is 0 Å². The molecule has 6 nitrogen and oxygen atoms in total. The number of hydrogen-bond donors (Lipinski definition) is 1. The minimum atomic E-state index is -0.678. The third-order valence-electron chi connectivity index (χ3n) is 12.7. The molecule has 0 aromatic carbocycles. The first kappa shape index (κ1) is 28.6. The summed E-state index contributed by atoms with van der Waals surface area (Å²) in [5, 5.41) is 9.82. The molecule has 6 heteroatoms. The zero-order chi connectivity index (χ0) is 28.3. The standard InChI is InChI=1S/C33H49NO5/c1-7-16-34(19-28(36)39-6)26-11-15-32(4)23(20(26)2)10-14-33(5)24-9-13-31(3)12-8-21(30(37)38)17-25(31)22(24)18-27(35)29(32)33/h7,18,20-21,23-26,29H,1,8-17,19H2,2-6H3,(H,37,38)/t20?,21?,23?,24?,25?,26?,29?,31?,32-,33?/m0/s1. The second-order valence-electron chi connectivity index (χ2n) is 14.5. The summed E-state index contributed by atoms with van der Waals surface area (Å²) >= 11 is 0. The Morgan fingerprint density at radius 3 is 2.44 bits per heavy atom. The molecule has 5 rings (SSSR count). The highest BCUT2D eigenvalue weighted by Crippen LogP contribution is 2.69. The Kier molecular flexibility index (Phi) is 7.44. The molecular weight excluding hydrogens is 490 g/mol. The monoisotopic (exact) mass is 539 g/mol. The SMILES string of the molecule is C=CCN(CC(=O)OC)C1CC[C@@]2(C)C(CCC3(C)C4CCC5(C)CCC(C(=O)O)CC5C4=CC(=O)C32)C1C. The van der Waals surface area contributed by atoms with Gasteiger partial charge in [0.05, 0.1) is 19.6 Å². The van der Waals surface area contributed by atoms with Gasteiger partial charge >= 0.3 is 11.9 Å². The van der Waals surface area contributed by atoms with Gasteiger partial charge in [0.25, 0.3) is 0 Å². The summed E-state index contributed by atoms with van der Waals surface area (Å²) in [7, 11) is 1.44. The maximum Gasteiger partial charge on any atom is 0.319 e. The van der Waals surface area contributed by atoms with Crippen molar-refractivity contribution >= 4 is 17.7 Å². The molecule has 4 saturated carbocycles. The predicted molar refractivity (Wildman–Crippen MR) is 151 cm³/mol. The minimum Gasteiger partial charge on any atom is -0.481 e. The van der Waals surface area contributed by atoms with Crippen LogP contribution in [0.25, 0.3) is 0 Å². The number of nitrogens with zero attached hydrogens (tertiary/aromatic N) is 1. The first-order valence-electron chi connectivity index (χ1n) is 15.3. The maximum atomic E-state index is 14.3. The van der Waals surface area contributed by atoms with Crippen LogP contribution >= 0.6 is 0 Å². The lowest BCUT2D eigenvalue weighted by molar-refractivity contribution is -0.166. The molecule has 0 aliphatic heterocycles. The van der Waals surface area contributed by atoms with Crippen LogP contribution in [0.5, 0.6) is 0 Å². The van der Waals surface area contributed by atoms with E-state index in [9.17, 15) is 19.5 Å². The van der Waals surface area contributed by atoms with Gasteiger partial charge in [0.1, 0.15) is 0 Å². The van der Waals surface area contributed by atoms with Crippen LogP contribution < -0.4 is 0 Å². The number of fused-ring (bicyclic) bond motifs is 7. The highest BCUT2D eigenvalue weighted by molar-refractivity contribution is 5.95. The van der Waals surface area contributed by atoms with Crippen molar-refractivity contribution in [1.82, 2.24) is 4.90 Å². The van der Waals surface area contributed by atoms with Crippen molar-refractivity contribution in [2.45, 2.75) is 91.5 Å². The van der Waals surface area contributed by atoms with Crippen LogP contribution in [0.3, 0.4) is 0 Å². The van der Waals surface area contributed by atoms with E-state index < -0.39 is 5.97 Å². The number of allylic oxidation sites excluding steroid dienone is 2. The second-order valence-corrected chi connectivity index (χ2v) is 14.5. The number of carboxylic acids is 1. The summed E-state index contributed by atoms with van der Waals surface area (Å²) in [6.45, 7) is 14.3. The number of rotatable bonds is 6. The van der Waals surface area contributed by atoms with Gasteiger partial charge in [0.15, 0.2) is 5.78 Å². The summed E-state index contributed by atoms with van der Waals surface area (Å²) in [6, 6.07) is 0.264. The third kappa shape index (κ3) is 4.44. The van der Waals surface area contributed by atoms with Crippen molar-refractivity contribution < 1.29 is 24.2 Å². The number of hydrogen-bond acceptors (Lipinski definition) is 5. The zero-order valence-electron chi connectivity index (χ0n) is 24.7. The van der Waals surface area contributed by atoms with Crippen molar-refractivity contribution in [3.05, 3.63) is 24.3 Å². The highest BCUT2D eigenvalue weighted by Gasteiger charge is 2.65. The van der Waals surface area contributed by atoms with Crippen LogP contribution in [0, 0.1) is 51.8 Å². The van der Waals surface area contributed by atoms with Crippen molar-refractivity contribution in [3.8, 4) is 0 Å². The fourth-order valence-corrected chi connectivity index (χ4v) is 10.8. The Bertz CT molecular complexity index is 1070. The Morgan fingerprint density at radius 1 is 1.08 bits per heavy atom. The molecule has 0 aromatic heterocycles. The molecule has 0 bridgehead atoms. The van der Waals surface area contributed by atoms with Crippen LogP contribution in [0.4, 0.5) is 0 Å². The molecule has 0 saturated heterocycles. The average molecular weight is 540 g/mol. The van der Waals surface area contributed by atoms with Crippen molar-refractivity contribution in [3.63, 3.8) is 0 Å². The van der Waals surface area contributed by atoms with E-state index >= 15 is 0 Å². The molecule has 0 spiro atoms. The van der Waals surface area contributed by atoms with Crippen LogP contribution in [0.2, 0.25) is 0 Å². The molecular formula is C33H49NO5. The maximum absolute atomic E-state index is 14.3. The highest BCUT2D eigenvalue weighted by atomic mass is 16.5. The van der Waals surface area contributed by atoms with E-state index in [0.29, 0.717) is 36.5 Å². The third-order valence-corrected chi connectivity index (χ3v) is 12.7. The largest absolute Gasteiger partial charge is 0.481 e. The summed E-state index contributed by atoms with van der Waals surface area (Å²) in [5.74, 6) is 0.452.